The van der Waals surface area contributed by atoms with Crippen LogP contribution < -0.4 is 18.0 Å². The van der Waals surface area contributed by atoms with Gasteiger partial charge < -0.3 is 0 Å². The fourth-order valence-electron chi connectivity index (χ4n) is 3.90. The summed E-state index contributed by atoms with van der Waals surface area (Å²) in [6.07, 6.45) is 7.45. The van der Waals surface area contributed by atoms with Crippen molar-refractivity contribution in [3.8, 4) is 0 Å². The summed E-state index contributed by atoms with van der Waals surface area (Å²) in [7, 11) is 0. The Morgan fingerprint density at radius 3 is 2.03 bits per heavy atom. The third kappa shape index (κ3) is 4.31. The molecule has 1 aliphatic carbocycles. The second-order valence-electron chi connectivity index (χ2n) is 7.44. The van der Waals surface area contributed by atoms with E-state index in [-0.39, 0.29) is 29.9 Å². The van der Waals surface area contributed by atoms with Crippen molar-refractivity contribution in [1.82, 2.24) is 4.98 Å². The van der Waals surface area contributed by atoms with Crippen molar-refractivity contribution in [3.63, 3.8) is 0 Å². The van der Waals surface area contributed by atoms with E-state index in [9.17, 15) is 0 Å². The van der Waals surface area contributed by atoms with Crippen LogP contribution in [0.3, 0.4) is 0 Å². The monoisotopic (exact) mass is 521 g/mol. The first-order valence-corrected chi connectivity index (χ1v) is 13.9. The summed E-state index contributed by atoms with van der Waals surface area (Å²) in [5.74, 6) is 0. The van der Waals surface area contributed by atoms with E-state index >= 15 is 0 Å². The molecule has 0 unspecified atom stereocenters. The number of nitrogens with zero attached hydrogens (tertiary/aromatic N) is 1. The molecule has 0 bridgehead atoms. The van der Waals surface area contributed by atoms with Crippen molar-refractivity contribution in [2.45, 2.75) is 25.7 Å². The molecule has 0 N–H and O–H groups in total. The van der Waals surface area contributed by atoms with E-state index < -0.39 is 0 Å². The third-order valence-corrected chi connectivity index (χ3v) is 9.82. The van der Waals surface area contributed by atoms with Gasteiger partial charge in [0, 0.05) is 0 Å². The van der Waals surface area contributed by atoms with Crippen LogP contribution in [-0.2, 0) is 0 Å². The summed E-state index contributed by atoms with van der Waals surface area (Å²) < 4.78 is 5.63. The van der Waals surface area contributed by atoms with Crippen LogP contribution in [0.25, 0.3) is 16.5 Å². The molecule has 0 spiro atoms. The molecule has 1 heterocycles. The van der Waals surface area contributed by atoms with E-state index in [1.54, 1.807) is 0 Å². The summed E-state index contributed by atoms with van der Waals surface area (Å²) in [6.45, 7) is 0. The fourth-order valence-corrected chi connectivity index (χ4v) is 8.71. The first-order valence-electron chi connectivity index (χ1n) is 10.5. The predicted octanol–water partition coefficient (Wildman–Crippen LogP) is 3.50. The molecule has 4 aromatic rings. The molecule has 0 fully saturated rings. The molecule has 0 aliphatic heterocycles. The molecule has 5 rings (SSSR count). The minimum absolute atomic E-state index is 0.195. The van der Waals surface area contributed by atoms with E-state index in [2.05, 4.69) is 91.0 Å². The number of hydrogen-bond donors (Lipinski definition) is 0. The molecule has 148 valence electrons. The Kier molecular flexibility index (Phi) is 6.16. The van der Waals surface area contributed by atoms with E-state index in [1.165, 1.54) is 60.2 Å². The summed E-state index contributed by atoms with van der Waals surface area (Å²) in [5, 5.41) is 1.33. The van der Waals surface area contributed by atoms with Gasteiger partial charge in [-0.25, -0.2) is 0 Å². The number of aromatic nitrogens is 1. The van der Waals surface area contributed by atoms with Crippen molar-refractivity contribution in [2.75, 3.05) is 0 Å². The van der Waals surface area contributed by atoms with Gasteiger partial charge in [-0.15, -0.1) is 0 Å². The Balaban J connectivity index is 1.74. The summed E-state index contributed by atoms with van der Waals surface area (Å²) >= 11 is 0.444. The van der Waals surface area contributed by atoms with Gasteiger partial charge in [0.05, 0.1) is 0 Å². The number of allylic oxidation sites excluding steroid dienone is 2. The molecule has 0 atom stereocenters. The molecule has 1 nitrogen and oxygen atoms in total. The number of fused-ring (bicyclic) bond motifs is 1. The third-order valence-electron chi connectivity index (χ3n) is 5.34. The Morgan fingerprint density at radius 2 is 1.33 bits per heavy atom. The SMILES string of the molecule is C1=C(c2c([Se]c3ccccc3)nc3ccccc3c2[Se]c2ccccc2)CCCC1. The zero-order valence-electron chi connectivity index (χ0n) is 16.8. The Labute approximate surface area is 191 Å². The van der Waals surface area contributed by atoms with Gasteiger partial charge in [0.1, 0.15) is 0 Å². The van der Waals surface area contributed by atoms with Gasteiger partial charge in [-0.05, 0) is 0 Å². The van der Waals surface area contributed by atoms with Crippen LogP contribution in [0.4, 0.5) is 0 Å². The summed E-state index contributed by atoms with van der Waals surface area (Å²) in [5.41, 5.74) is 4.12. The van der Waals surface area contributed by atoms with E-state index in [4.69, 9.17) is 4.98 Å². The average Bonchev–Trinajstić information content (AvgIpc) is 2.81. The van der Waals surface area contributed by atoms with Crippen LogP contribution in [0.1, 0.15) is 31.2 Å². The van der Waals surface area contributed by atoms with Gasteiger partial charge in [0.2, 0.25) is 0 Å². The van der Waals surface area contributed by atoms with Crippen LogP contribution in [0, 0.1) is 0 Å². The normalized spacial score (nSPS) is 13.9. The van der Waals surface area contributed by atoms with Gasteiger partial charge in [0.15, 0.2) is 0 Å². The first kappa shape index (κ1) is 19.8. The molecular weight excluding hydrogens is 496 g/mol. The van der Waals surface area contributed by atoms with Crippen LogP contribution in [0.5, 0.6) is 0 Å². The number of para-hydroxylation sites is 1. The number of hydrogen-bond acceptors (Lipinski definition) is 1. The molecule has 0 radical (unpaired) electrons. The van der Waals surface area contributed by atoms with E-state index in [0.29, 0.717) is 0 Å². The van der Waals surface area contributed by atoms with E-state index in [0.717, 1.165) is 5.52 Å². The zero-order valence-corrected chi connectivity index (χ0v) is 20.2. The van der Waals surface area contributed by atoms with Crippen LogP contribution in [-0.4, -0.2) is 34.9 Å². The van der Waals surface area contributed by atoms with Crippen LogP contribution in [0.2, 0.25) is 0 Å². The molecule has 1 aliphatic rings. The van der Waals surface area contributed by atoms with Gasteiger partial charge in [-0.3, -0.25) is 0 Å². The van der Waals surface area contributed by atoms with Gasteiger partial charge in [-0.1, -0.05) is 0 Å². The predicted molar refractivity (Wildman–Crippen MR) is 131 cm³/mol. The maximum atomic E-state index is 5.24. The average molecular weight is 519 g/mol. The van der Waals surface area contributed by atoms with E-state index in [1.807, 2.05) is 0 Å². The fraction of sp³-hybridized carbons (Fsp3) is 0.148. The standard InChI is InChI=1S/C27H23NSe2/c1-4-12-20(13-5-1)25-26(29-21-14-6-2-7-15-21)23-18-10-11-19-24(23)28-27(25)30-22-16-8-3-9-17-22/h2-3,6-12,14-19H,1,4-5,13H2. The second-order valence-corrected chi connectivity index (χ2v) is 11.9. The molecule has 0 saturated heterocycles. The molecule has 3 aromatic carbocycles. The maximum absolute atomic E-state index is 5.24. The summed E-state index contributed by atoms with van der Waals surface area (Å²) in [6, 6.07) is 30.6. The minimum atomic E-state index is 0.195. The van der Waals surface area contributed by atoms with Gasteiger partial charge in [-0.2, -0.15) is 0 Å². The van der Waals surface area contributed by atoms with Crippen molar-refractivity contribution < 1.29 is 0 Å². The molecule has 0 amide bonds. The first-order chi connectivity index (χ1) is 14.9. The van der Waals surface area contributed by atoms with Crippen molar-refractivity contribution >= 4 is 64.4 Å². The topological polar surface area (TPSA) is 12.9 Å². The quantitative estimate of drug-likeness (QED) is 0.368. The van der Waals surface area contributed by atoms with Crippen LogP contribution >= 0.6 is 0 Å². The van der Waals surface area contributed by atoms with Gasteiger partial charge in [0.25, 0.3) is 0 Å². The van der Waals surface area contributed by atoms with Crippen molar-refractivity contribution in [2.24, 2.45) is 0 Å². The number of benzene rings is 3. The van der Waals surface area contributed by atoms with Gasteiger partial charge >= 0.3 is 192 Å². The van der Waals surface area contributed by atoms with Crippen molar-refractivity contribution in [1.29, 1.82) is 0 Å². The molecular formula is C27H23NSe2. The summed E-state index contributed by atoms with van der Waals surface area (Å²) in [4.78, 5) is 5.24. The molecule has 0 saturated carbocycles. The zero-order chi connectivity index (χ0) is 20.2. The Morgan fingerprint density at radius 1 is 0.667 bits per heavy atom. The molecule has 3 heteroatoms. The molecule has 30 heavy (non-hydrogen) atoms. The van der Waals surface area contributed by atoms with Crippen molar-refractivity contribution in [3.05, 3.63) is 96.6 Å². The second kappa shape index (κ2) is 9.33. The Hall–Kier alpha value is -2.15. The molecule has 1 aromatic heterocycles. The van der Waals surface area contributed by atoms with Crippen LogP contribution in [0.15, 0.2) is 91.0 Å². The Bertz CT molecular complexity index is 1180. The number of rotatable bonds is 5. The number of pyridine rings is 1.